The van der Waals surface area contributed by atoms with Crippen LogP contribution in [-0.2, 0) is 0 Å². The molecule has 2 aliphatic carbocycles. The van der Waals surface area contributed by atoms with Gasteiger partial charge in [0.25, 0.3) is 0 Å². The van der Waals surface area contributed by atoms with Gasteiger partial charge in [-0.05, 0) is 37.7 Å². The zero-order valence-electron chi connectivity index (χ0n) is 12.9. The van der Waals surface area contributed by atoms with Gasteiger partial charge in [0.15, 0.2) is 0 Å². The number of rotatable bonds is 4. The second kappa shape index (κ2) is 6.83. The summed E-state index contributed by atoms with van der Waals surface area (Å²) in [5.74, 6) is 1.18. The Labute approximate surface area is 123 Å². The Morgan fingerprint density at radius 3 is 2.90 bits per heavy atom. The molecule has 2 aliphatic rings. The van der Waals surface area contributed by atoms with E-state index in [1.54, 1.807) is 0 Å². The quantitative estimate of drug-likeness (QED) is 0.758. The normalized spacial score (nSPS) is 30.8. The van der Waals surface area contributed by atoms with Gasteiger partial charge in [0, 0.05) is 18.2 Å². The van der Waals surface area contributed by atoms with E-state index in [0.29, 0.717) is 12.0 Å². The van der Waals surface area contributed by atoms with Crippen molar-refractivity contribution in [1.82, 2.24) is 5.32 Å². The number of nitrogens with one attached hydrogen (secondary N) is 1. The predicted molar refractivity (Wildman–Crippen MR) is 87.0 cm³/mol. The predicted octanol–water partition coefficient (Wildman–Crippen LogP) is 4.03. The number of hydrogen-bond donors (Lipinski definition) is 2. The van der Waals surface area contributed by atoms with Gasteiger partial charge in [-0.25, -0.2) is 0 Å². The van der Waals surface area contributed by atoms with Crippen LogP contribution in [0.4, 0.5) is 0 Å². The summed E-state index contributed by atoms with van der Waals surface area (Å²) in [7, 11) is 0. The van der Waals surface area contributed by atoms with Gasteiger partial charge in [0.05, 0.1) is 5.70 Å². The van der Waals surface area contributed by atoms with Crippen LogP contribution in [0.5, 0.6) is 0 Å². The fourth-order valence-electron chi connectivity index (χ4n) is 3.09. The Hall–Kier alpha value is -1.44. The Morgan fingerprint density at radius 2 is 2.25 bits per heavy atom. The first-order chi connectivity index (χ1) is 9.56. The van der Waals surface area contributed by atoms with E-state index in [4.69, 9.17) is 5.73 Å². The molecule has 3 N–H and O–H groups in total. The maximum atomic E-state index is 6.18. The van der Waals surface area contributed by atoms with Gasteiger partial charge in [0.2, 0.25) is 0 Å². The van der Waals surface area contributed by atoms with Crippen molar-refractivity contribution in [3.8, 4) is 0 Å². The van der Waals surface area contributed by atoms with Crippen LogP contribution in [0.15, 0.2) is 47.9 Å². The monoisotopic (exact) mass is 272 g/mol. The highest BCUT2D eigenvalue weighted by atomic mass is 14.9. The summed E-state index contributed by atoms with van der Waals surface area (Å²) in [6, 6.07) is 0.578. The highest BCUT2D eigenvalue weighted by molar-refractivity contribution is 5.35. The van der Waals surface area contributed by atoms with E-state index in [0.717, 1.165) is 23.6 Å². The molecule has 0 aromatic carbocycles. The van der Waals surface area contributed by atoms with Crippen molar-refractivity contribution in [3.05, 3.63) is 47.9 Å². The highest BCUT2D eigenvalue weighted by Gasteiger charge is 2.18. The molecule has 1 saturated carbocycles. The molecule has 0 heterocycles. The lowest BCUT2D eigenvalue weighted by molar-refractivity contribution is 0.320. The lowest BCUT2D eigenvalue weighted by atomic mass is 9.87. The van der Waals surface area contributed by atoms with Crippen LogP contribution in [0.3, 0.4) is 0 Å². The minimum Gasteiger partial charge on any atom is -0.397 e. The third-order valence-electron chi connectivity index (χ3n) is 4.51. The molecule has 2 rings (SSSR count). The maximum absolute atomic E-state index is 6.18. The Bertz CT molecular complexity index is 442. The van der Waals surface area contributed by atoms with Crippen LogP contribution in [-0.4, -0.2) is 6.04 Å². The summed E-state index contributed by atoms with van der Waals surface area (Å²) in [4.78, 5) is 0. The molecule has 0 saturated heterocycles. The molecule has 110 valence electrons. The van der Waals surface area contributed by atoms with E-state index in [1.165, 1.54) is 31.3 Å². The molecule has 0 aliphatic heterocycles. The van der Waals surface area contributed by atoms with Crippen LogP contribution in [0.1, 0.15) is 46.0 Å². The molecule has 0 spiro atoms. The Kier molecular flexibility index (Phi) is 5.11. The van der Waals surface area contributed by atoms with Crippen molar-refractivity contribution in [2.45, 2.75) is 52.0 Å². The van der Waals surface area contributed by atoms with Gasteiger partial charge < -0.3 is 11.1 Å². The summed E-state index contributed by atoms with van der Waals surface area (Å²) in [5, 5.41) is 3.49. The van der Waals surface area contributed by atoms with Crippen LogP contribution in [0.25, 0.3) is 0 Å². The average Bonchev–Trinajstić information content (AvgIpc) is 2.45. The molecule has 0 bridgehead atoms. The first-order valence-electron chi connectivity index (χ1n) is 7.82. The molecule has 2 nitrogen and oxygen atoms in total. The molecule has 3 unspecified atom stereocenters. The van der Waals surface area contributed by atoms with E-state index >= 15 is 0 Å². The molecule has 0 radical (unpaired) electrons. The zero-order valence-corrected chi connectivity index (χ0v) is 12.9. The Balaban J connectivity index is 1.87. The minimum absolute atomic E-state index is 0.349. The maximum Gasteiger partial charge on any atom is 0.0506 e. The molecule has 1 fully saturated rings. The van der Waals surface area contributed by atoms with Crippen LogP contribution in [0, 0.1) is 11.8 Å². The fraction of sp³-hybridized carbons (Fsp3) is 0.556. The molecular formula is C18H28N2. The second-order valence-electron chi connectivity index (χ2n) is 6.41. The molecule has 0 aromatic rings. The van der Waals surface area contributed by atoms with Crippen molar-refractivity contribution in [2.75, 3.05) is 0 Å². The molecule has 0 amide bonds. The third kappa shape index (κ3) is 4.03. The highest BCUT2D eigenvalue weighted by Crippen LogP contribution is 2.26. The summed E-state index contributed by atoms with van der Waals surface area (Å²) in [6.45, 7) is 8.63. The zero-order chi connectivity index (χ0) is 14.5. The van der Waals surface area contributed by atoms with Gasteiger partial charge in [-0.3, -0.25) is 0 Å². The van der Waals surface area contributed by atoms with Crippen molar-refractivity contribution in [3.63, 3.8) is 0 Å². The van der Waals surface area contributed by atoms with Crippen LogP contribution >= 0.6 is 0 Å². The lowest BCUT2D eigenvalue weighted by Gasteiger charge is -2.27. The van der Waals surface area contributed by atoms with Gasteiger partial charge in [0.1, 0.15) is 0 Å². The SMILES string of the molecule is C=C(/C(N)=C/NC1CCCC(C)C1)C1C=CC(C)=CC1. The smallest absolute Gasteiger partial charge is 0.0506 e. The Morgan fingerprint density at radius 1 is 1.45 bits per heavy atom. The fourth-order valence-corrected chi connectivity index (χ4v) is 3.09. The lowest BCUT2D eigenvalue weighted by Crippen LogP contribution is -2.31. The number of nitrogens with two attached hydrogens (primary N) is 1. The van der Waals surface area contributed by atoms with Gasteiger partial charge in [-0.15, -0.1) is 0 Å². The largest absolute Gasteiger partial charge is 0.397 e. The van der Waals surface area contributed by atoms with Gasteiger partial charge in [-0.2, -0.15) is 0 Å². The average molecular weight is 272 g/mol. The van der Waals surface area contributed by atoms with E-state index in [2.05, 4.69) is 44.0 Å². The summed E-state index contributed by atoms with van der Waals surface area (Å²) in [5.41, 5.74) is 9.33. The number of allylic oxidation sites excluding steroid dienone is 5. The van der Waals surface area contributed by atoms with Crippen LogP contribution < -0.4 is 11.1 Å². The van der Waals surface area contributed by atoms with Crippen molar-refractivity contribution in [1.29, 1.82) is 0 Å². The van der Waals surface area contributed by atoms with Gasteiger partial charge >= 0.3 is 0 Å². The summed E-state index contributed by atoms with van der Waals surface area (Å²) >= 11 is 0. The molecule has 3 atom stereocenters. The van der Waals surface area contributed by atoms with E-state index < -0.39 is 0 Å². The van der Waals surface area contributed by atoms with Crippen molar-refractivity contribution < 1.29 is 0 Å². The van der Waals surface area contributed by atoms with E-state index in [9.17, 15) is 0 Å². The second-order valence-corrected chi connectivity index (χ2v) is 6.41. The summed E-state index contributed by atoms with van der Waals surface area (Å²) in [6.07, 6.45) is 14.8. The van der Waals surface area contributed by atoms with Crippen molar-refractivity contribution in [2.24, 2.45) is 17.6 Å². The molecule has 2 heteroatoms. The topological polar surface area (TPSA) is 38.0 Å². The standard InChI is InChI=1S/C18H28N2/c1-13-7-9-16(10-8-13)15(3)18(19)12-20-17-6-4-5-14(2)11-17/h7-9,12,14,16-17,20H,3-6,10-11,19H2,1-2H3/b18-12-. The minimum atomic E-state index is 0.349. The molecular weight excluding hydrogens is 244 g/mol. The first-order valence-corrected chi connectivity index (χ1v) is 7.82. The van der Waals surface area contributed by atoms with Crippen LogP contribution in [0.2, 0.25) is 0 Å². The van der Waals surface area contributed by atoms with Crippen molar-refractivity contribution >= 4 is 0 Å². The van der Waals surface area contributed by atoms with E-state index in [-0.39, 0.29) is 0 Å². The third-order valence-corrected chi connectivity index (χ3v) is 4.51. The van der Waals surface area contributed by atoms with E-state index in [1.807, 2.05) is 6.20 Å². The summed E-state index contributed by atoms with van der Waals surface area (Å²) < 4.78 is 0. The molecule has 20 heavy (non-hydrogen) atoms. The molecule has 0 aromatic heterocycles. The number of hydrogen-bond acceptors (Lipinski definition) is 2. The van der Waals surface area contributed by atoms with Gasteiger partial charge in [-0.1, -0.05) is 50.1 Å². The first kappa shape index (κ1) is 15.0.